The quantitative estimate of drug-likeness (QED) is 0.508. The zero-order chi connectivity index (χ0) is 14.1. The largest absolute Gasteiger partial charge is 0.511 e. The summed E-state index contributed by atoms with van der Waals surface area (Å²) in [6, 6.07) is 0.957. The molecule has 0 spiro atoms. The van der Waals surface area contributed by atoms with Gasteiger partial charge in [0.1, 0.15) is 5.75 Å². The Labute approximate surface area is 109 Å². The van der Waals surface area contributed by atoms with Gasteiger partial charge in [0, 0.05) is 26.3 Å². The predicted octanol–water partition coefficient (Wildman–Crippen LogP) is 1.57. The first-order valence-electron chi connectivity index (χ1n) is 5.88. The Morgan fingerprint density at radius 2 is 1.89 bits per heavy atom. The molecule has 0 radical (unpaired) electrons. The second kappa shape index (κ2) is 8.01. The highest BCUT2D eigenvalue weighted by molar-refractivity contribution is 6.73. The van der Waals surface area contributed by atoms with E-state index in [1.807, 2.05) is 0 Å². The molecule has 4 nitrogen and oxygen atoms in total. The molecule has 0 aliphatic heterocycles. The number of rotatable bonds is 9. The lowest BCUT2D eigenvalue weighted by Gasteiger charge is -2.15. The van der Waals surface area contributed by atoms with Crippen molar-refractivity contribution in [1.29, 1.82) is 0 Å². The zero-order valence-electron chi connectivity index (χ0n) is 10.7. The summed E-state index contributed by atoms with van der Waals surface area (Å²) in [5, 5.41) is 0. The fraction of sp³-hybridized carbons (Fsp3) is 0.545. The summed E-state index contributed by atoms with van der Waals surface area (Å²) in [5.41, 5.74) is -0.756. The van der Waals surface area contributed by atoms with Gasteiger partial charge in [-0.2, -0.15) is 0 Å². The Morgan fingerprint density at radius 1 is 1.11 bits per heavy atom. The molecule has 1 aromatic rings. The topological polar surface area (TPSA) is 40.6 Å². The lowest BCUT2D eigenvalue weighted by Crippen LogP contribution is -2.34. The number of aromatic nitrogens is 1. The van der Waals surface area contributed by atoms with Crippen LogP contribution in [0, 0.1) is 0 Å². The highest BCUT2D eigenvalue weighted by atomic mass is 19.4. The SMILES string of the molecule is COCCOCCCOc1cncc([B-](F)(F)F)c1. The Kier molecular flexibility index (Phi) is 6.65. The number of pyridine rings is 1. The van der Waals surface area contributed by atoms with Gasteiger partial charge in [0.2, 0.25) is 0 Å². The van der Waals surface area contributed by atoms with E-state index in [9.17, 15) is 12.9 Å². The zero-order valence-corrected chi connectivity index (χ0v) is 10.7. The maximum Gasteiger partial charge on any atom is 0.511 e. The Morgan fingerprint density at radius 3 is 2.58 bits per heavy atom. The molecule has 1 aromatic heterocycles. The average Bonchev–Trinajstić information content (AvgIpc) is 2.37. The minimum atomic E-state index is -5.04. The summed E-state index contributed by atoms with van der Waals surface area (Å²) in [5.74, 6) is 0.119. The average molecular weight is 278 g/mol. The molecule has 1 heterocycles. The normalized spacial score (nSPS) is 11.6. The molecule has 0 aliphatic rings. The van der Waals surface area contributed by atoms with Gasteiger partial charge in [-0.15, -0.1) is 0 Å². The van der Waals surface area contributed by atoms with Crippen LogP contribution < -0.4 is 10.2 Å². The van der Waals surface area contributed by atoms with Crippen molar-refractivity contribution < 1.29 is 27.2 Å². The van der Waals surface area contributed by atoms with Crippen LogP contribution in [0.3, 0.4) is 0 Å². The third kappa shape index (κ3) is 6.44. The molecule has 0 aliphatic carbocycles. The van der Waals surface area contributed by atoms with Crippen LogP contribution in [0.25, 0.3) is 0 Å². The van der Waals surface area contributed by atoms with Gasteiger partial charge in [0.05, 0.1) is 26.0 Å². The van der Waals surface area contributed by atoms with E-state index in [0.717, 1.165) is 12.3 Å². The van der Waals surface area contributed by atoms with Gasteiger partial charge in [-0.05, 0) is 6.07 Å². The fourth-order valence-electron chi connectivity index (χ4n) is 1.29. The van der Waals surface area contributed by atoms with Crippen LogP contribution in [0.5, 0.6) is 5.75 Å². The molecule has 0 unspecified atom stereocenters. The molecule has 0 N–H and O–H groups in total. The minimum Gasteiger partial charge on any atom is -0.492 e. The van der Waals surface area contributed by atoms with Crippen molar-refractivity contribution in [2.24, 2.45) is 0 Å². The molecular formula is C11H16BF3NO3-. The van der Waals surface area contributed by atoms with E-state index in [4.69, 9.17) is 14.2 Å². The van der Waals surface area contributed by atoms with E-state index in [2.05, 4.69) is 4.98 Å². The van der Waals surface area contributed by atoms with Crippen LogP contribution in [0.2, 0.25) is 0 Å². The standard InChI is InChI=1S/C11H16BF3NO3/c1-17-5-6-18-3-2-4-19-11-7-10(8-16-9-11)12(13,14)15/h7-9H,2-6H2,1H3/q-1. The van der Waals surface area contributed by atoms with Gasteiger partial charge in [0.15, 0.2) is 0 Å². The third-order valence-electron chi connectivity index (χ3n) is 2.25. The first-order valence-corrected chi connectivity index (χ1v) is 5.88. The van der Waals surface area contributed by atoms with Crippen LogP contribution in [0.4, 0.5) is 12.9 Å². The number of ether oxygens (including phenoxy) is 3. The number of hydrogen-bond acceptors (Lipinski definition) is 4. The Balaban J connectivity index is 2.26. The summed E-state index contributed by atoms with van der Waals surface area (Å²) in [7, 11) is 1.58. The van der Waals surface area contributed by atoms with E-state index in [-0.39, 0.29) is 12.4 Å². The number of hydrogen-bond donors (Lipinski definition) is 0. The van der Waals surface area contributed by atoms with Crippen LogP contribution in [0.15, 0.2) is 18.5 Å². The second-order valence-electron chi connectivity index (χ2n) is 3.84. The summed E-state index contributed by atoms with van der Waals surface area (Å²) in [6.45, 7) is -3.28. The van der Waals surface area contributed by atoms with Crippen LogP contribution >= 0.6 is 0 Å². The molecular weight excluding hydrogens is 262 g/mol. The van der Waals surface area contributed by atoms with E-state index < -0.39 is 12.4 Å². The van der Waals surface area contributed by atoms with Crippen molar-refractivity contribution in [2.45, 2.75) is 6.42 Å². The van der Waals surface area contributed by atoms with Gasteiger partial charge in [-0.1, -0.05) is 5.46 Å². The number of nitrogens with zero attached hydrogens (tertiary/aromatic N) is 1. The Hall–Kier alpha value is -1.28. The van der Waals surface area contributed by atoms with Gasteiger partial charge < -0.3 is 27.2 Å². The van der Waals surface area contributed by atoms with Crippen LogP contribution in [0.1, 0.15) is 6.42 Å². The Bertz CT molecular complexity index is 376. The fourth-order valence-corrected chi connectivity index (χ4v) is 1.29. The van der Waals surface area contributed by atoms with E-state index in [1.165, 1.54) is 6.20 Å². The van der Waals surface area contributed by atoms with E-state index >= 15 is 0 Å². The smallest absolute Gasteiger partial charge is 0.492 e. The molecule has 0 aromatic carbocycles. The first-order chi connectivity index (χ1) is 9.04. The lowest BCUT2D eigenvalue weighted by atomic mass is 9.81. The van der Waals surface area contributed by atoms with Crippen molar-refractivity contribution in [1.82, 2.24) is 4.98 Å². The van der Waals surface area contributed by atoms with Crippen molar-refractivity contribution in [3.8, 4) is 5.75 Å². The molecule has 1 rings (SSSR count). The molecule has 0 fully saturated rings. The highest BCUT2D eigenvalue weighted by Crippen LogP contribution is 2.13. The first kappa shape index (κ1) is 15.8. The summed E-state index contributed by atoms with van der Waals surface area (Å²) >= 11 is 0. The molecule has 8 heteroatoms. The van der Waals surface area contributed by atoms with Gasteiger partial charge >= 0.3 is 6.98 Å². The molecule has 19 heavy (non-hydrogen) atoms. The van der Waals surface area contributed by atoms with Gasteiger partial charge in [0.25, 0.3) is 0 Å². The number of halogens is 3. The van der Waals surface area contributed by atoms with Crippen molar-refractivity contribution in [3.05, 3.63) is 18.5 Å². The predicted molar refractivity (Wildman–Crippen MR) is 65.8 cm³/mol. The van der Waals surface area contributed by atoms with Crippen LogP contribution in [-0.4, -0.2) is 45.5 Å². The molecule has 0 saturated heterocycles. The molecule has 0 amide bonds. The maximum atomic E-state index is 12.5. The third-order valence-corrected chi connectivity index (χ3v) is 2.25. The highest BCUT2D eigenvalue weighted by Gasteiger charge is 2.26. The van der Waals surface area contributed by atoms with E-state index in [0.29, 0.717) is 26.2 Å². The molecule has 0 saturated carbocycles. The van der Waals surface area contributed by atoms with Gasteiger partial charge in [-0.25, -0.2) is 0 Å². The molecule has 0 bridgehead atoms. The summed E-state index contributed by atoms with van der Waals surface area (Å²) < 4.78 is 52.6. The number of methoxy groups -OCH3 is 1. The van der Waals surface area contributed by atoms with E-state index in [1.54, 1.807) is 7.11 Å². The maximum absolute atomic E-state index is 12.5. The summed E-state index contributed by atoms with van der Waals surface area (Å²) in [4.78, 5) is 3.51. The lowest BCUT2D eigenvalue weighted by molar-refractivity contribution is 0.0644. The second-order valence-corrected chi connectivity index (χ2v) is 3.84. The van der Waals surface area contributed by atoms with Crippen molar-refractivity contribution in [3.63, 3.8) is 0 Å². The minimum absolute atomic E-state index is 0.119. The van der Waals surface area contributed by atoms with Crippen molar-refractivity contribution in [2.75, 3.05) is 33.5 Å². The molecule has 108 valence electrons. The summed E-state index contributed by atoms with van der Waals surface area (Å²) in [6.07, 6.45) is 2.64. The van der Waals surface area contributed by atoms with Crippen LogP contribution in [-0.2, 0) is 9.47 Å². The monoisotopic (exact) mass is 278 g/mol. The van der Waals surface area contributed by atoms with Gasteiger partial charge in [-0.3, -0.25) is 4.98 Å². The molecule has 0 atom stereocenters. The van der Waals surface area contributed by atoms with Crippen molar-refractivity contribution >= 4 is 12.4 Å².